The van der Waals surface area contributed by atoms with Crippen LogP contribution in [0.4, 0.5) is 11.4 Å². The summed E-state index contributed by atoms with van der Waals surface area (Å²) in [5.41, 5.74) is 1.59. The van der Waals surface area contributed by atoms with Crippen molar-refractivity contribution in [3.05, 3.63) is 68.2 Å². The molecule has 0 saturated carbocycles. The Balaban J connectivity index is 1.61. The molecule has 1 fully saturated rings. The minimum atomic E-state index is -0.763. The van der Waals surface area contributed by atoms with Crippen LogP contribution in [0.15, 0.2) is 42.5 Å². The Kier molecular flexibility index (Phi) is 6.55. The second-order valence-electron chi connectivity index (χ2n) is 6.61. The van der Waals surface area contributed by atoms with Crippen LogP contribution in [0, 0.1) is 10.1 Å². The molecule has 144 valence electrons. The van der Waals surface area contributed by atoms with Gasteiger partial charge in [0.2, 0.25) is 0 Å². The van der Waals surface area contributed by atoms with E-state index in [1.807, 2.05) is 12.1 Å². The predicted octanol–water partition coefficient (Wildman–Crippen LogP) is 4.15. The van der Waals surface area contributed by atoms with Crippen LogP contribution in [0.3, 0.4) is 0 Å². The van der Waals surface area contributed by atoms with E-state index in [0.717, 1.165) is 38.3 Å². The largest absolute Gasteiger partial charge is 0.387 e. The normalized spacial score (nSPS) is 16.8. The third kappa shape index (κ3) is 5.11. The van der Waals surface area contributed by atoms with Crippen LogP contribution in [-0.4, -0.2) is 47.7 Å². The molecule has 3 rings (SSSR count). The smallest absolute Gasteiger partial charge is 0.269 e. The number of hydrogen-bond acceptors (Lipinski definition) is 5. The number of β-amino-alcohol motifs (C(OH)–C–C–N with tert-alkyl or cyclic N) is 1. The molecule has 0 amide bonds. The van der Waals surface area contributed by atoms with E-state index in [2.05, 4.69) is 9.80 Å². The number of aliphatic hydroxyl groups excluding tert-OH is 1. The van der Waals surface area contributed by atoms with Crippen molar-refractivity contribution in [2.45, 2.75) is 12.5 Å². The lowest BCUT2D eigenvalue weighted by atomic mass is 10.1. The van der Waals surface area contributed by atoms with Crippen LogP contribution in [0.1, 0.15) is 18.1 Å². The summed E-state index contributed by atoms with van der Waals surface area (Å²) in [5.74, 6) is 0. The molecule has 1 aliphatic heterocycles. The van der Waals surface area contributed by atoms with E-state index in [1.54, 1.807) is 18.2 Å². The highest BCUT2D eigenvalue weighted by molar-refractivity contribution is 6.42. The van der Waals surface area contributed by atoms with Gasteiger partial charge in [0.05, 0.1) is 21.1 Å². The van der Waals surface area contributed by atoms with E-state index in [-0.39, 0.29) is 5.69 Å². The van der Waals surface area contributed by atoms with Gasteiger partial charge in [-0.1, -0.05) is 35.3 Å². The van der Waals surface area contributed by atoms with Gasteiger partial charge in [-0.05, 0) is 30.2 Å². The lowest BCUT2D eigenvalue weighted by Crippen LogP contribution is -2.33. The lowest BCUT2D eigenvalue weighted by Gasteiger charge is -2.25. The highest BCUT2D eigenvalue weighted by Gasteiger charge is 2.20. The van der Waals surface area contributed by atoms with Gasteiger partial charge in [-0.2, -0.15) is 0 Å². The molecule has 1 aliphatic rings. The summed E-state index contributed by atoms with van der Waals surface area (Å²) in [6.45, 7) is 3.77. The molecule has 0 radical (unpaired) electrons. The number of nitrogens with zero attached hydrogens (tertiary/aromatic N) is 3. The number of nitro groups is 1. The highest BCUT2D eigenvalue weighted by atomic mass is 35.5. The van der Waals surface area contributed by atoms with Gasteiger partial charge in [-0.25, -0.2) is 0 Å². The first kappa shape index (κ1) is 19.9. The second-order valence-corrected chi connectivity index (χ2v) is 7.42. The second kappa shape index (κ2) is 8.89. The van der Waals surface area contributed by atoms with Crippen molar-refractivity contribution in [1.29, 1.82) is 0 Å². The molecule has 2 aromatic rings. The van der Waals surface area contributed by atoms with Crippen molar-refractivity contribution in [3.8, 4) is 0 Å². The van der Waals surface area contributed by atoms with Crippen LogP contribution in [0.2, 0.25) is 10.0 Å². The van der Waals surface area contributed by atoms with E-state index in [1.165, 1.54) is 12.1 Å². The van der Waals surface area contributed by atoms with E-state index in [0.29, 0.717) is 22.2 Å². The van der Waals surface area contributed by atoms with Gasteiger partial charge in [0, 0.05) is 50.5 Å². The first-order chi connectivity index (χ1) is 12.9. The molecule has 8 heteroatoms. The fourth-order valence-electron chi connectivity index (χ4n) is 3.29. The summed E-state index contributed by atoms with van der Waals surface area (Å²) < 4.78 is 0. The van der Waals surface area contributed by atoms with Crippen LogP contribution >= 0.6 is 23.2 Å². The van der Waals surface area contributed by atoms with Gasteiger partial charge in [0.25, 0.3) is 5.69 Å². The molecule has 0 spiro atoms. The van der Waals surface area contributed by atoms with Crippen LogP contribution < -0.4 is 4.90 Å². The lowest BCUT2D eigenvalue weighted by molar-refractivity contribution is -0.385. The topological polar surface area (TPSA) is 69.8 Å². The number of nitro benzene ring substituents is 1. The quantitative estimate of drug-likeness (QED) is 0.593. The number of hydrogen-bond donors (Lipinski definition) is 1. The zero-order valence-corrected chi connectivity index (χ0v) is 16.2. The average Bonchev–Trinajstić information content (AvgIpc) is 2.89. The Labute approximate surface area is 168 Å². The molecule has 0 aliphatic carbocycles. The fraction of sp³-hybridized carbons (Fsp3) is 0.368. The van der Waals surface area contributed by atoms with Gasteiger partial charge in [-0.15, -0.1) is 0 Å². The fourth-order valence-corrected chi connectivity index (χ4v) is 3.58. The Morgan fingerprint density at radius 2 is 1.89 bits per heavy atom. The first-order valence-corrected chi connectivity index (χ1v) is 9.54. The zero-order valence-electron chi connectivity index (χ0n) is 14.7. The van der Waals surface area contributed by atoms with Crippen LogP contribution in [0.5, 0.6) is 0 Å². The van der Waals surface area contributed by atoms with Crippen molar-refractivity contribution < 1.29 is 10.0 Å². The summed E-state index contributed by atoms with van der Waals surface area (Å²) in [7, 11) is 0. The number of non-ortho nitro benzene ring substituents is 1. The number of rotatable bonds is 5. The summed E-state index contributed by atoms with van der Waals surface area (Å²) in [4.78, 5) is 14.9. The summed E-state index contributed by atoms with van der Waals surface area (Å²) in [5, 5.41) is 22.5. The first-order valence-electron chi connectivity index (χ1n) is 8.79. The van der Waals surface area contributed by atoms with Crippen molar-refractivity contribution in [1.82, 2.24) is 4.90 Å². The molecule has 1 N–H and O–H groups in total. The molecule has 1 saturated heterocycles. The third-order valence-electron chi connectivity index (χ3n) is 4.75. The molecule has 0 aromatic heterocycles. The monoisotopic (exact) mass is 409 g/mol. The van der Waals surface area contributed by atoms with E-state index in [4.69, 9.17) is 23.2 Å². The van der Waals surface area contributed by atoms with E-state index in [9.17, 15) is 15.2 Å². The Bertz CT molecular complexity index is 819. The molecule has 1 heterocycles. The molecule has 1 atom stereocenters. The van der Waals surface area contributed by atoms with Crippen molar-refractivity contribution in [2.24, 2.45) is 0 Å². The summed E-state index contributed by atoms with van der Waals surface area (Å²) >= 11 is 12.1. The predicted molar refractivity (Wildman–Crippen MR) is 108 cm³/mol. The molecule has 2 aromatic carbocycles. The van der Waals surface area contributed by atoms with E-state index < -0.39 is 11.0 Å². The number of anilines is 1. The maximum absolute atomic E-state index is 10.9. The van der Waals surface area contributed by atoms with Crippen LogP contribution in [0.25, 0.3) is 0 Å². The number of benzene rings is 2. The summed E-state index contributed by atoms with van der Waals surface area (Å²) in [6, 6.07) is 11.8. The molecule has 0 unspecified atom stereocenters. The third-order valence-corrected chi connectivity index (χ3v) is 5.49. The van der Waals surface area contributed by atoms with Gasteiger partial charge in [0.1, 0.15) is 0 Å². The molecular formula is C19H21Cl2N3O3. The zero-order chi connectivity index (χ0) is 19.4. The van der Waals surface area contributed by atoms with E-state index >= 15 is 0 Å². The van der Waals surface area contributed by atoms with Crippen LogP contribution in [-0.2, 0) is 0 Å². The SMILES string of the molecule is O=[N+]([O-])c1cccc([C@H](O)CN2CCCN(c3ccc(Cl)c(Cl)c3)CC2)c1. The number of halogens is 2. The minimum absolute atomic E-state index is 0.00629. The molecule has 27 heavy (non-hydrogen) atoms. The minimum Gasteiger partial charge on any atom is -0.387 e. The van der Waals surface area contributed by atoms with Gasteiger partial charge >= 0.3 is 0 Å². The van der Waals surface area contributed by atoms with Gasteiger partial charge in [0.15, 0.2) is 0 Å². The van der Waals surface area contributed by atoms with Crippen molar-refractivity contribution in [3.63, 3.8) is 0 Å². The Hall–Kier alpha value is -1.86. The van der Waals surface area contributed by atoms with Gasteiger partial charge < -0.3 is 10.0 Å². The average molecular weight is 410 g/mol. The summed E-state index contributed by atoms with van der Waals surface area (Å²) in [6.07, 6.45) is 0.184. The Morgan fingerprint density at radius 1 is 1.07 bits per heavy atom. The maximum Gasteiger partial charge on any atom is 0.269 e. The van der Waals surface area contributed by atoms with Crippen molar-refractivity contribution >= 4 is 34.6 Å². The standard InChI is InChI=1S/C19H21Cl2N3O3/c20-17-6-5-15(12-18(17)21)23-8-2-7-22(9-10-23)13-19(25)14-3-1-4-16(11-14)24(26)27/h1,3-6,11-12,19,25H,2,7-10,13H2/t19-/m1/s1. The molecule has 6 nitrogen and oxygen atoms in total. The van der Waals surface area contributed by atoms with Crippen molar-refractivity contribution in [2.75, 3.05) is 37.6 Å². The molecular weight excluding hydrogens is 389 g/mol. The Morgan fingerprint density at radius 3 is 2.63 bits per heavy atom. The molecule has 0 bridgehead atoms. The number of aliphatic hydroxyl groups is 1. The van der Waals surface area contributed by atoms with Gasteiger partial charge in [-0.3, -0.25) is 15.0 Å². The highest BCUT2D eigenvalue weighted by Crippen LogP contribution is 2.28. The maximum atomic E-state index is 10.9.